The number of hydrogen-bond donors (Lipinski definition) is 1. The van der Waals surface area contributed by atoms with Crippen LogP contribution in [0.15, 0.2) is 68.8 Å². The van der Waals surface area contributed by atoms with Crippen LogP contribution in [0.5, 0.6) is 5.75 Å². The molecular weight excluding hydrogens is 456 g/mol. The Balaban J connectivity index is 1.47. The van der Waals surface area contributed by atoms with Gasteiger partial charge in [-0.3, -0.25) is 9.10 Å². The molecule has 11 heteroatoms. The fourth-order valence-electron chi connectivity index (χ4n) is 2.59. The third-order valence-electron chi connectivity index (χ3n) is 4.36. The van der Waals surface area contributed by atoms with E-state index >= 15 is 0 Å². The SMILES string of the molecule is CC(OC(=O)COc1ccc(N(C)S(=O)(=O)c2cccs2)cc1)C(=O)NCc1ccco1. The van der Waals surface area contributed by atoms with Crippen LogP contribution in [0.1, 0.15) is 12.7 Å². The molecule has 0 radical (unpaired) electrons. The number of amides is 1. The summed E-state index contributed by atoms with van der Waals surface area (Å²) < 4.78 is 42.1. The standard InChI is InChI=1S/C21H22N2O7S2/c1-15(21(25)22-13-18-5-3-11-28-18)30-19(24)14-29-17-9-7-16(8-10-17)23(2)32(26,27)20-6-4-12-31-20/h3-12,15H,13-14H2,1-2H3,(H,22,25). The molecule has 0 spiro atoms. The van der Waals surface area contributed by atoms with Crippen molar-refractivity contribution in [2.75, 3.05) is 18.0 Å². The zero-order valence-corrected chi connectivity index (χ0v) is 19.0. The number of rotatable bonds is 10. The van der Waals surface area contributed by atoms with Crippen LogP contribution in [0.3, 0.4) is 0 Å². The summed E-state index contributed by atoms with van der Waals surface area (Å²) in [6.45, 7) is 1.24. The molecule has 0 aliphatic rings. The van der Waals surface area contributed by atoms with Crippen LogP contribution in [-0.4, -0.2) is 40.1 Å². The van der Waals surface area contributed by atoms with Crippen molar-refractivity contribution < 1.29 is 31.9 Å². The highest BCUT2D eigenvalue weighted by molar-refractivity contribution is 7.94. The summed E-state index contributed by atoms with van der Waals surface area (Å²) in [5.74, 6) is -0.249. The van der Waals surface area contributed by atoms with Gasteiger partial charge in [0.2, 0.25) is 0 Å². The summed E-state index contributed by atoms with van der Waals surface area (Å²) in [6.07, 6.45) is 0.495. The van der Waals surface area contributed by atoms with Crippen LogP contribution in [0.4, 0.5) is 5.69 Å². The van der Waals surface area contributed by atoms with E-state index in [1.54, 1.807) is 47.8 Å². The Kier molecular flexibility index (Phi) is 7.54. The minimum absolute atomic E-state index is 0.188. The molecule has 3 rings (SSSR count). The number of nitrogens with one attached hydrogen (secondary N) is 1. The Morgan fingerprint density at radius 2 is 1.91 bits per heavy atom. The lowest BCUT2D eigenvalue weighted by molar-refractivity contribution is -0.156. The summed E-state index contributed by atoms with van der Waals surface area (Å²) in [5, 5.41) is 4.29. The lowest BCUT2D eigenvalue weighted by Crippen LogP contribution is -2.36. The van der Waals surface area contributed by atoms with Gasteiger partial charge in [0, 0.05) is 7.05 Å². The minimum Gasteiger partial charge on any atom is -0.482 e. The van der Waals surface area contributed by atoms with Crippen LogP contribution in [-0.2, 0) is 30.9 Å². The molecule has 0 aliphatic heterocycles. The molecule has 0 fully saturated rings. The Bertz CT molecular complexity index is 1130. The van der Waals surface area contributed by atoms with Crippen LogP contribution < -0.4 is 14.4 Å². The number of nitrogens with zero attached hydrogens (tertiary/aromatic N) is 1. The molecule has 1 N–H and O–H groups in total. The van der Waals surface area contributed by atoms with Crippen molar-refractivity contribution >= 4 is 38.9 Å². The van der Waals surface area contributed by atoms with E-state index in [0.717, 1.165) is 11.3 Å². The van der Waals surface area contributed by atoms with Crippen molar-refractivity contribution in [3.05, 3.63) is 65.9 Å². The predicted molar refractivity (Wildman–Crippen MR) is 118 cm³/mol. The summed E-state index contributed by atoms with van der Waals surface area (Å²) in [4.78, 5) is 24.0. The van der Waals surface area contributed by atoms with E-state index in [-0.39, 0.29) is 10.8 Å². The largest absolute Gasteiger partial charge is 0.482 e. The van der Waals surface area contributed by atoms with Crippen molar-refractivity contribution in [1.29, 1.82) is 0 Å². The fraction of sp³-hybridized carbons (Fsp3) is 0.238. The van der Waals surface area contributed by atoms with Gasteiger partial charge in [0.05, 0.1) is 18.5 Å². The zero-order valence-electron chi connectivity index (χ0n) is 17.4. The highest BCUT2D eigenvalue weighted by Crippen LogP contribution is 2.26. The van der Waals surface area contributed by atoms with Crippen LogP contribution in [0.25, 0.3) is 0 Å². The first-order chi connectivity index (χ1) is 15.3. The van der Waals surface area contributed by atoms with E-state index in [1.165, 1.54) is 30.6 Å². The van der Waals surface area contributed by atoms with Gasteiger partial charge in [-0.25, -0.2) is 13.2 Å². The zero-order chi connectivity index (χ0) is 23.1. The van der Waals surface area contributed by atoms with E-state index in [9.17, 15) is 18.0 Å². The van der Waals surface area contributed by atoms with Crippen molar-refractivity contribution in [2.45, 2.75) is 23.8 Å². The van der Waals surface area contributed by atoms with Crippen molar-refractivity contribution in [2.24, 2.45) is 0 Å². The highest BCUT2D eigenvalue weighted by Gasteiger charge is 2.22. The van der Waals surface area contributed by atoms with Gasteiger partial charge < -0.3 is 19.2 Å². The van der Waals surface area contributed by atoms with Crippen molar-refractivity contribution in [3.8, 4) is 5.75 Å². The summed E-state index contributed by atoms with van der Waals surface area (Å²) in [7, 11) is -2.18. The topological polar surface area (TPSA) is 115 Å². The number of benzene rings is 1. The first-order valence-electron chi connectivity index (χ1n) is 9.52. The number of thiophene rings is 1. The van der Waals surface area contributed by atoms with Crippen molar-refractivity contribution in [1.82, 2.24) is 5.32 Å². The van der Waals surface area contributed by atoms with Gasteiger partial charge in [-0.15, -0.1) is 11.3 Å². The van der Waals surface area contributed by atoms with Gasteiger partial charge in [-0.1, -0.05) is 6.07 Å². The van der Waals surface area contributed by atoms with E-state index in [0.29, 0.717) is 17.2 Å². The normalized spacial score (nSPS) is 12.1. The van der Waals surface area contributed by atoms with Crippen LogP contribution in [0, 0.1) is 0 Å². The second-order valence-corrected chi connectivity index (χ2v) is 9.76. The van der Waals surface area contributed by atoms with E-state index < -0.39 is 34.6 Å². The Hall–Kier alpha value is -3.31. The first kappa shape index (κ1) is 23.4. The molecule has 9 nitrogen and oxygen atoms in total. The van der Waals surface area contributed by atoms with Gasteiger partial charge >= 0.3 is 5.97 Å². The van der Waals surface area contributed by atoms with E-state index in [2.05, 4.69) is 5.32 Å². The third kappa shape index (κ3) is 5.89. The summed E-state index contributed by atoms with van der Waals surface area (Å²) in [5.41, 5.74) is 0.440. The molecule has 1 atom stereocenters. The maximum absolute atomic E-state index is 12.6. The number of furan rings is 1. The molecule has 1 unspecified atom stereocenters. The Labute approximate surface area is 189 Å². The van der Waals surface area contributed by atoms with Crippen molar-refractivity contribution in [3.63, 3.8) is 0 Å². The summed E-state index contributed by atoms with van der Waals surface area (Å²) in [6, 6.07) is 12.8. The maximum atomic E-state index is 12.6. The molecule has 0 aliphatic carbocycles. The second kappa shape index (κ2) is 10.3. The average molecular weight is 479 g/mol. The average Bonchev–Trinajstić information content (AvgIpc) is 3.50. The Morgan fingerprint density at radius 1 is 1.16 bits per heavy atom. The molecule has 2 aromatic heterocycles. The number of hydrogen-bond acceptors (Lipinski definition) is 8. The summed E-state index contributed by atoms with van der Waals surface area (Å²) >= 11 is 1.14. The molecule has 3 aromatic rings. The number of esters is 1. The van der Waals surface area contributed by atoms with Gasteiger partial charge in [0.1, 0.15) is 15.7 Å². The predicted octanol–water partition coefficient (Wildman–Crippen LogP) is 2.79. The van der Waals surface area contributed by atoms with Crippen LogP contribution in [0.2, 0.25) is 0 Å². The molecule has 2 heterocycles. The number of anilines is 1. The molecule has 0 saturated carbocycles. The number of sulfonamides is 1. The fourth-order valence-corrected chi connectivity index (χ4v) is 4.95. The van der Waals surface area contributed by atoms with Gasteiger partial charge in [0.25, 0.3) is 15.9 Å². The van der Waals surface area contributed by atoms with E-state index in [1.807, 2.05) is 0 Å². The van der Waals surface area contributed by atoms with Crippen LogP contribution >= 0.6 is 11.3 Å². The molecule has 1 amide bonds. The minimum atomic E-state index is -3.64. The second-order valence-electron chi connectivity index (χ2n) is 6.62. The quantitative estimate of drug-likeness (QED) is 0.446. The molecule has 32 heavy (non-hydrogen) atoms. The van der Waals surface area contributed by atoms with Gasteiger partial charge in [-0.2, -0.15) is 0 Å². The first-order valence-corrected chi connectivity index (χ1v) is 11.8. The maximum Gasteiger partial charge on any atom is 0.344 e. The van der Waals surface area contributed by atoms with Gasteiger partial charge in [-0.05, 0) is 54.8 Å². The number of carbonyl (C=O) groups excluding carboxylic acids is 2. The monoisotopic (exact) mass is 478 g/mol. The third-order valence-corrected chi connectivity index (χ3v) is 7.52. The lowest BCUT2D eigenvalue weighted by Gasteiger charge is -2.18. The number of carbonyl (C=O) groups is 2. The molecule has 0 bridgehead atoms. The van der Waals surface area contributed by atoms with Gasteiger partial charge in [0.15, 0.2) is 12.7 Å². The molecule has 1 aromatic carbocycles. The lowest BCUT2D eigenvalue weighted by atomic mass is 10.3. The molecule has 0 saturated heterocycles. The smallest absolute Gasteiger partial charge is 0.344 e. The Morgan fingerprint density at radius 3 is 2.53 bits per heavy atom. The molecule has 170 valence electrons. The highest BCUT2D eigenvalue weighted by atomic mass is 32.2. The molecular formula is C21H22N2O7S2. The number of ether oxygens (including phenoxy) is 2. The van der Waals surface area contributed by atoms with E-state index in [4.69, 9.17) is 13.9 Å².